The van der Waals surface area contributed by atoms with Crippen LogP contribution in [0.15, 0.2) is 36.4 Å². The summed E-state index contributed by atoms with van der Waals surface area (Å²) in [4.78, 5) is 0. The zero-order chi connectivity index (χ0) is 11.3. The topological polar surface area (TPSA) is 70.1 Å². The van der Waals surface area contributed by atoms with Crippen LogP contribution in [0.2, 0.25) is 0 Å². The van der Waals surface area contributed by atoms with Crippen LogP contribution in [0.1, 0.15) is 11.1 Å². The third-order valence-corrected chi connectivity index (χ3v) is 2.93. The van der Waals surface area contributed by atoms with E-state index < -0.39 is 0 Å². The lowest BCUT2D eigenvalue weighted by atomic mass is 10.0. The van der Waals surface area contributed by atoms with Gasteiger partial charge in [-0.1, -0.05) is 24.3 Å². The van der Waals surface area contributed by atoms with Crippen LogP contribution in [0, 0.1) is 5.41 Å². The van der Waals surface area contributed by atoms with Crippen molar-refractivity contribution in [2.75, 3.05) is 5.73 Å². The van der Waals surface area contributed by atoms with Gasteiger partial charge in [-0.3, -0.25) is 5.41 Å². The highest BCUT2D eigenvalue weighted by Gasteiger charge is 2.27. The molecule has 16 heavy (non-hydrogen) atoms. The molecule has 0 fully saturated rings. The SMILES string of the molecule is N=C1c2ccccc2-c2c(N)ccc(O)c21. The minimum atomic E-state index is 0.116. The third-order valence-electron chi connectivity index (χ3n) is 2.93. The monoisotopic (exact) mass is 210 g/mol. The van der Waals surface area contributed by atoms with Gasteiger partial charge in [0.15, 0.2) is 0 Å². The minimum absolute atomic E-state index is 0.116. The number of phenolic OH excluding ortho intramolecular Hbond substituents is 1. The summed E-state index contributed by atoms with van der Waals surface area (Å²) in [6.45, 7) is 0. The first-order valence-electron chi connectivity index (χ1n) is 5.00. The van der Waals surface area contributed by atoms with Crippen LogP contribution in [0.5, 0.6) is 5.75 Å². The first-order chi connectivity index (χ1) is 7.70. The number of aromatic hydroxyl groups is 1. The molecule has 0 spiro atoms. The summed E-state index contributed by atoms with van der Waals surface area (Å²) < 4.78 is 0. The van der Waals surface area contributed by atoms with Crippen molar-refractivity contribution in [3.05, 3.63) is 47.5 Å². The van der Waals surface area contributed by atoms with E-state index in [1.54, 1.807) is 6.07 Å². The Labute approximate surface area is 92.7 Å². The molecule has 1 aliphatic rings. The van der Waals surface area contributed by atoms with E-state index in [2.05, 4.69) is 0 Å². The lowest BCUT2D eigenvalue weighted by molar-refractivity contribution is 0.474. The molecule has 0 amide bonds. The maximum atomic E-state index is 9.80. The fourth-order valence-electron chi connectivity index (χ4n) is 2.20. The molecule has 1 aliphatic carbocycles. The molecule has 0 saturated carbocycles. The molecule has 0 unspecified atom stereocenters. The smallest absolute Gasteiger partial charge is 0.125 e. The predicted octanol–water partition coefficient (Wildman–Crippen LogP) is 2.37. The van der Waals surface area contributed by atoms with Gasteiger partial charge in [0.1, 0.15) is 5.75 Å². The van der Waals surface area contributed by atoms with E-state index in [4.69, 9.17) is 11.1 Å². The van der Waals surface area contributed by atoms with Crippen molar-refractivity contribution < 1.29 is 5.11 Å². The number of hydrogen-bond acceptors (Lipinski definition) is 3. The number of rotatable bonds is 0. The molecule has 0 atom stereocenters. The second kappa shape index (κ2) is 2.85. The van der Waals surface area contributed by atoms with Crippen LogP contribution in [0.25, 0.3) is 11.1 Å². The van der Waals surface area contributed by atoms with Gasteiger partial charge in [0.2, 0.25) is 0 Å². The highest BCUT2D eigenvalue weighted by Crippen LogP contribution is 2.43. The summed E-state index contributed by atoms with van der Waals surface area (Å²) in [7, 11) is 0. The van der Waals surface area contributed by atoms with E-state index in [1.807, 2.05) is 24.3 Å². The second-order valence-corrected chi connectivity index (χ2v) is 3.84. The molecule has 0 bridgehead atoms. The van der Waals surface area contributed by atoms with Crippen LogP contribution in [-0.2, 0) is 0 Å². The van der Waals surface area contributed by atoms with Gasteiger partial charge < -0.3 is 10.8 Å². The van der Waals surface area contributed by atoms with Crippen molar-refractivity contribution in [2.45, 2.75) is 0 Å². The molecule has 3 heteroatoms. The Morgan fingerprint density at radius 2 is 1.62 bits per heavy atom. The number of benzene rings is 2. The summed E-state index contributed by atoms with van der Waals surface area (Å²) in [5, 5.41) is 17.8. The number of nitrogen functional groups attached to an aromatic ring is 1. The van der Waals surface area contributed by atoms with Gasteiger partial charge in [-0.05, 0) is 17.7 Å². The van der Waals surface area contributed by atoms with Crippen LogP contribution in [0.4, 0.5) is 5.69 Å². The van der Waals surface area contributed by atoms with E-state index in [0.717, 1.165) is 16.7 Å². The number of nitrogens with two attached hydrogens (primary N) is 1. The second-order valence-electron chi connectivity index (χ2n) is 3.84. The average Bonchev–Trinajstić information content (AvgIpc) is 2.60. The van der Waals surface area contributed by atoms with Gasteiger partial charge in [0.25, 0.3) is 0 Å². The molecule has 2 aromatic rings. The van der Waals surface area contributed by atoms with Gasteiger partial charge in [-0.2, -0.15) is 0 Å². The average molecular weight is 210 g/mol. The third kappa shape index (κ3) is 0.945. The molecule has 3 rings (SSSR count). The largest absolute Gasteiger partial charge is 0.507 e. The molecule has 0 aromatic heterocycles. The van der Waals surface area contributed by atoms with Gasteiger partial charge in [0, 0.05) is 16.8 Å². The number of hydrogen-bond donors (Lipinski definition) is 3. The van der Waals surface area contributed by atoms with Crippen molar-refractivity contribution in [3.8, 4) is 16.9 Å². The van der Waals surface area contributed by atoms with Gasteiger partial charge >= 0.3 is 0 Å². The van der Waals surface area contributed by atoms with Gasteiger partial charge in [0.05, 0.1) is 11.3 Å². The van der Waals surface area contributed by atoms with Crippen LogP contribution >= 0.6 is 0 Å². The Morgan fingerprint density at radius 3 is 2.38 bits per heavy atom. The van der Waals surface area contributed by atoms with Gasteiger partial charge in [-0.25, -0.2) is 0 Å². The summed E-state index contributed by atoms with van der Waals surface area (Å²) in [6.07, 6.45) is 0. The van der Waals surface area contributed by atoms with Crippen molar-refractivity contribution in [1.82, 2.24) is 0 Å². The number of anilines is 1. The Balaban J connectivity index is 2.47. The maximum Gasteiger partial charge on any atom is 0.125 e. The zero-order valence-electron chi connectivity index (χ0n) is 8.49. The standard InChI is InChI=1S/C13H10N2O/c14-9-5-6-10(16)12-11(9)7-3-1-2-4-8(7)13(12)15/h1-6,15-16H,14H2. The van der Waals surface area contributed by atoms with E-state index in [1.165, 1.54) is 6.07 Å². The van der Waals surface area contributed by atoms with Crippen molar-refractivity contribution >= 4 is 11.4 Å². The zero-order valence-corrected chi connectivity index (χ0v) is 8.49. The lowest BCUT2D eigenvalue weighted by Gasteiger charge is -2.05. The highest BCUT2D eigenvalue weighted by atomic mass is 16.3. The van der Waals surface area contributed by atoms with E-state index in [0.29, 0.717) is 17.0 Å². The van der Waals surface area contributed by atoms with E-state index >= 15 is 0 Å². The molecule has 4 N–H and O–H groups in total. The van der Waals surface area contributed by atoms with Crippen LogP contribution in [0.3, 0.4) is 0 Å². The van der Waals surface area contributed by atoms with Crippen molar-refractivity contribution in [1.29, 1.82) is 5.41 Å². The first kappa shape index (κ1) is 8.97. The lowest BCUT2D eigenvalue weighted by Crippen LogP contribution is -1.96. The first-order valence-corrected chi connectivity index (χ1v) is 5.00. The Bertz CT molecular complexity index is 617. The molecular formula is C13H10N2O. The summed E-state index contributed by atoms with van der Waals surface area (Å²) in [6, 6.07) is 10.8. The molecule has 2 aromatic carbocycles. The van der Waals surface area contributed by atoms with Gasteiger partial charge in [-0.15, -0.1) is 0 Å². The summed E-state index contributed by atoms with van der Waals surface area (Å²) in [5.41, 5.74) is 9.93. The number of phenols is 1. The van der Waals surface area contributed by atoms with Crippen molar-refractivity contribution in [2.24, 2.45) is 0 Å². The number of nitrogens with one attached hydrogen (secondary N) is 1. The quantitative estimate of drug-likeness (QED) is 0.394. The molecule has 78 valence electrons. The molecule has 0 heterocycles. The minimum Gasteiger partial charge on any atom is -0.507 e. The predicted molar refractivity (Wildman–Crippen MR) is 63.9 cm³/mol. The normalized spacial score (nSPS) is 12.4. The maximum absolute atomic E-state index is 9.80. The Kier molecular flexibility index (Phi) is 1.60. The Hall–Kier alpha value is -2.29. The fourth-order valence-corrected chi connectivity index (χ4v) is 2.20. The van der Waals surface area contributed by atoms with Crippen LogP contribution < -0.4 is 5.73 Å². The molecule has 0 radical (unpaired) electrons. The molecule has 0 saturated heterocycles. The summed E-state index contributed by atoms with van der Waals surface area (Å²) in [5.74, 6) is 0.116. The highest BCUT2D eigenvalue weighted by molar-refractivity contribution is 6.26. The number of fused-ring (bicyclic) bond motifs is 3. The van der Waals surface area contributed by atoms with Crippen molar-refractivity contribution in [3.63, 3.8) is 0 Å². The summed E-state index contributed by atoms with van der Waals surface area (Å²) >= 11 is 0. The van der Waals surface area contributed by atoms with Crippen LogP contribution in [-0.4, -0.2) is 10.8 Å². The molecule has 0 aliphatic heterocycles. The Morgan fingerprint density at radius 1 is 0.938 bits per heavy atom. The van der Waals surface area contributed by atoms with E-state index in [-0.39, 0.29) is 5.75 Å². The fraction of sp³-hybridized carbons (Fsp3) is 0. The molecular weight excluding hydrogens is 200 g/mol. The van der Waals surface area contributed by atoms with E-state index in [9.17, 15) is 5.11 Å². The molecule has 3 nitrogen and oxygen atoms in total.